The Kier molecular flexibility index (Phi) is 4.97. The van der Waals surface area contributed by atoms with Crippen LogP contribution in [-0.4, -0.2) is 37.0 Å². The molecule has 104 valence electrons. The summed E-state index contributed by atoms with van der Waals surface area (Å²) in [6.07, 6.45) is 4.22. The van der Waals surface area contributed by atoms with Gasteiger partial charge in [0.1, 0.15) is 0 Å². The highest BCUT2D eigenvalue weighted by Gasteiger charge is 2.17. The fourth-order valence-corrected chi connectivity index (χ4v) is 2.53. The predicted octanol–water partition coefficient (Wildman–Crippen LogP) is 2.14. The molecular formula is C16H24N2O. The number of benzene rings is 1. The van der Waals surface area contributed by atoms with Gasteiger partial charge < -0.3 is 10.2 Å². The third-order valence-electron chi connectivity index (χ3n) is 3.81. The van der Waals surface area contributed by atoms with E-state index >= 15 is 0 Å². The maximum atomic E-state index is 12.2. The van der Waals surface area contributed by atoms with Crippen molar-refractivity contribution in [3.05, 3.63) is 35.4 Å². The van der Waals surface area contributed by atoms with Gasteiger partial charge in [0.2, 0.25) is 5.91 Å². The lowest BCUT2D eigenvalue weighted by Crippen LogP contribution is -2.44. The van der Waals surface area contributed by atoms with Gasteiger partial charge in [0.15, 0.2) is 0 Å². The Morgan fingerprint density at radius 2 is 2.05 bits per heavy atom. The fourth-order valence-electron chi connectivity index (χ4n) is 2.53. The molecule has 2 rings (SSSR count). The van der Waals surface area contributed by atoms with Crippen molar-refractivity contribution in [3.63, 3.8) is 0 Å². The minimum Gasteiger partial charge on any atom is -0.344 e. The second-order valence-electron chi connectivity index (χ2n) is 5.58. The van der Waals surface area contributed by atoms with Crippen LogP contribution in [0.25, 0.3) is 0 Å². The number of rotatable bonds is 4. The van der Waals surface area contributed by atoms with Crippen molar-refractivity contribution in [2.24, 2.45) is 0 Å². The lowest BCUT2D eigenvalue weighted by Gasteiger charge is -2.28. The summed E-state index contributed by atoms with van der Waals surface area (Å²) in [7, 11) is 1.91. The summed E-state index contributed by atoms with van der Waals surface area (Å²) in [5.41, 5.74) is 2.33. The number of amides is 1. The van der Waals surface area contributed by atoms with Gasteiger partial charge in [0, 0.05) is 19.6 Å². The van der Waals surface area contributed by atoms with Crippen LogP contribution >= 0.6 is 0 Å². The molecular weight excluding hydrogens is 236 g/mol. The number of aryl methyl sites for hydroxylation is 1. The van der Waals surface area contributed by atoms with Gasteiger partial charge in [-0.2, -0.15) is 0 Å². The van der Waals surface area contributed by atoms with E-state index in [0.29, 0.717) is 12.5 Å². The number of nitrogens with zero attached hydrogens (tertiary/aromatic N) is 1. The first-order chi connectivity index (χ1) is 9.15. The Morgan fingerprint density at radius 3 is 2.68 bits per heavy atom. The van der Waals surface area contributed by atoms with Crippen LogP contribution in [0.4, 0.5) is 0 Å². The molecule has 0 spiro atoms. The number of hydrogen-bond acceptors (Lipinski definition) is 2. The number of piperidine rings is 1. The van der Waals surface area contributed by atoms with Gasteiger partial charge in [-0.1, -0.05) is 36.2 Å². The third kappa shape index (κ3) is 4.35. The van der Waals surface area contributed by atoms with E-state index in [4.69, 9.17) is 0 Å². The zero-order valence-corrected chi connectivity index (χ0v) is 12.0. The van der Waals surface area contributed by atoms with Crippen LogP contribution in [0.15, 0.2) is 24.3 Å². The lowest BCUT2D eigenvalue weighted by atomic mass is 10.0. The number of carbonyl (C=O) groups excluding carboxylic acids is 1. The summed E-state index contributed by atoms with van der Waals surface area (Å²) in [6, 6.07) is 8.68. The Labute approximate surface area is 116 Å². The molecule has 1 saturated heterocycles. The summed E-state index contributed by atoms with van der Waals surface area (Å²) >= 11 is 0. The van der Waals surface area contributed by atoms with Crippen molar-refractivity contribution in [1.82, 2.24) is 10.2 Å². The van der Waals surface area contributed by atoms with Gasteiger partial charge in [-0.3, -0.25) is 4.79 Å². The van der Waals surface area contributed by atoms with Crippen LogP contribution in [0, 0.1) is 6.92 Å². The second-order valence-corrected chi connectivity index (χ2v) is 5.58. The summed E-state index contributed by atoms with van der Waals surface area (Å²) in [5, 5.41) is 3.48. The Balaban J connectivity index is 1.83. The number of likely N-dealkylation sites (N-methyl/N-ethyl adjacent to an activating group) is 1. The first-order valence-electron chi connectivity index (χ1n) is 7.18. The summed E-state index contributed by atoms with van der Waals surface area (Å²) in [5.74, 6) is 0.205. The zero-order chi connectivity index (χ0) is 13.7. The average molecular weight is 260 g/mol. The van der Waals surface area contributed by atoms with Crippen molar-refractivity contribution in [2.45, 2.75) is 38.6 Å². The molecule has 1 atom stereocenters. The van der Waals surface area contributed by atoms with Gasteiger partial charge in [-0.25, -0.2) is 0 Å². The topological polar surface area (TPSA) is 32.3 Å². The van der Waals surface area contributed by atoms with E-state index in [1.165, 1.54) is 24.8 Å². The quantitative estimate of drug-likeness (QED) is 0.899. The van der Waals surface area contributed by atoms with Crippen molar-refractivity contribution in [1.29, 1.82) is 0 Å². The molecule has 1 unspecified atom stereocenters. The van der Waals surface area contributed by atoms with Crippen LogP contribution in [0.1, 0.15) is 30.4 Å². The second kappa shape index (κ2) is 6.71. The van der Waals surface area contributed by atoms with Crippen LogP contribution in [0.3, 0.4) is 0 Å². The number of nitrogens with one attached hydrogen (secondary N) is 1. The smallest absolute Gasteiger partial charge is 0.226 e. The highest BCUT2D eigenvalue weighted by atomic mass is 16.2. The molecule has 3 nitrogen and oxygen atoms in total. The summed E-state index contributed by atoms with van der Waals surface area (Å²) < 4.78 is 0. The van der Waals surface area contributed by atoms with E-state index in [1.807, 2.05) is 24.1 Å². The SMILES string of the molecule is Cc1ccc(CC(=O)N(C)CC2CCCCN2)cc1. The fraction of sp³-hybridized carbons (Fsp3) is 0.562. The molecule has 1 fully saturated rings. The minimum absolute atomic E-state index is 0.205. The molecule has 0 bridgehead atoms. The normalized spacial score (nSPS) is 19.2. The standard InChI is InChI=1S/C16H24N2O/c1-13-6-8-14(9-7-13)11-16(19)18(2)12-15-5-3-4-10-17-15/h6-9,15,17H,3-5,10-12H2,1-2H3. The molecule has 0 aromatic heterocycles. The van der Waals surface area contributed by atoms with Crippen LogP contribution < -0.4 is 5.32 Å². The van der Waals surface area contributed by atoms with Crippen LogP contribution in [0.5, 0.6) is 0 Å². The van der Waals surface area contributed by atoms with Crippen molar-refractivity contribution in [3.8, 4) is 0 Å². The highest BCUT2D eigenvalue weighted by molar-refractivity contribution is 5.78. The molecule has 1 aliphatic rings. The average Bonchev–Trinajstić information content (AvgIpc) is 2.42. The van der Waals surface area contributed by atoms with Crippen molar-refractivity contribution >= 4 is 5.91 Å². The molecule has 3 heteroatoms. The largest absolute Gasteiger partial charge is 0.344 e. The molecule has 1 aromatic rings. The van der Waals surface area contributed by atoms with E-state index < -0.39 is 0 Å². The van der Waals surface area contributed by atoms with Crippen LogP contribution in [0.2, 0.25) is 0 Å². The summed E-state index contributed by atoms with van der Waals surface area (Å²) in [4.78, 5) is 14.0. The maximum Gasteiger partial charge on any atom is 0.226 e. The molecule has 1 aliphatic heterocycles. The molecule has 1 heterocycles. The number of carbonyl (C=O) groups is 1. The lowest BCUT2D eigenvalue weighted by molar-refractivity contribution is -0.129. The number of hydrogen-bond donors (Lipinski definition) is 1. The summed E-state index contributed by atoms with van der Waals surface area (Å²) in [6.45, 7) is 3.97. The van der Waals surface area contributed by atoms with Gasteiger partial charge >= 0.3 is 0 Å². The van der Waals surface area contributed by atoms with E-state index in [9.17, 15) is 4.79 Å². The van der Waals surface area contributed by atoms with E-state index in [1.54, 1.807) is 0 Å². The van der Waals surface area contributed by atoms with Gasteiger partial charge in [0.05, 0.1) is 6.42 Å². The molecule has 19 heavy (non-hydrogen) atoms. The van der Waals surface area contributed by atoms with Gasteiger partial charge in [-0.05, 0) is 31.9 Å². The van der Waals surface area contributed by atoms with Gasteiger partial charge in [0.25, 0.3) is 0 Å². The molecule has 1 amide bonds. The predicted molar refractivity (Wildman–Crippen MR) is 78.2 cm³/mol. The molecule has 0 saturated carbocycles. The van der Waals surface area contributed by atoms with Crippen molar-refractivity contribution < 1.29 is 4.79 Å². The van der Waals surface area contributed by atoms with E-state index in [2.05, 4.69) is 24.4 Å². The van der Waals surface area contributed by atoms with Crippen molar-refractivity contribution in [2.75, 3.05) is 20.1 Å². The zero-order valence-electron chi connectivity index (χ0n) is 12.0. The minimum atomic E-state index is 0.205. The van der Waals surface area contributed by atoms with E-state index in [0.717, 1.165) is 18.7 Å². The van der Waals surface area contributed by atoms with Gasteiger partial charge in [-0.15, -0.1) is 0 Å². The first kappa shape index (κ1) is 14.1. The van der Waals surface area contributed by atoms with Crippen LogP contribution in [-0.2, 0) is 11.2 Å². The monoisotopic (exact) mass is 260 g/mol. The Hall–Kier alpha value is -1.35. The first-order valence-corrected chi connectivity index (χ1v) is 7.18. The molecule has 1 N–H and O–H groups in total. The van der Waals surface area contributed by atoms with E-state index in [-0.39, 0.29) is 5.91 Å². The maximum absolute atomic E-state index is 12.2. The highest BCUT2D eigenvalue weighted by Crippen LogP contribution is 2.09. The molecule has 0 aliphatic carbocycles. The molecule has 0 radical (unpaired) electrons. The Morgan fingerprint density at radius 1 is 1.32 bits per heavy atom. The Bertz CT molecular complexity index is 407. The third-order valence-corrected chi connectivity index (χ3v) is 3.81. The molecule has 1 aromatic carbocycles.